The number of nitro benzene ring substituents is 1. The molecule has 1 aromatic rings. The molecule has 2 saturated heterocycles. The fraction of sp³-hybridized carbons (Fsp3) is 0.588. The van der Waals surface area contributed by atoms with Gasteiger partial charge in [-0.15, -0.1) is 12.4 Å². The van der Waals surface area contributed by atoms with Gasteiger partial charge in [0, 0.05) is 36.8 Å². The first-order chi connectivity index (χ1) is 11.1. The zero-order chi connectivity index (χ0) is 16.4. The summed E-state index contributed by atoms with van der Waals surface area (Å²) in [7, 11) is 0. The molecule has 0 radical (unpaired) electrons. The number of halogens is 1. The van der Waals surface area contributed by atoms with Gasteiger partial charge in [-0.1, -0.05) is 0 Å². The van der Waals surface area contributed by atoms with E-state index in [1.165, 1.54) is 25.0 Å². The van der Waals surface area contributed by atoms with E-state index < -0.39 is 4.92 Å². The number of nitro groups is 1. The Balaban J connectivity index is 0.00000208. The highest BCUT2D eigenvalue weighted by atomic mass is 35.5. The lowest BCUT2D eigenvalue weighted by molar-refractivity contribution is -0.384. The van der Waals surface area contributed by atoms with E-state index in [-0.39, 0.29) is 24.0 Å². The minimum absolute atomic E-state index is 0. The van der Waals surface area contributed by atoms with Gasteiger partial charge < -0.3 is 10.2 Å². The molecule has 1 amide bonds. The number of likely N-dealkylation sites (tertiary alicyclic amines) is 1. The first-order valence-electron chi connectivity index (χ1n) is 8.34. The van der Waals surface area contributed by atoms with Crippen molar-refractivity contribution >= 4 is 24.0 Å². The number of benzene rings is 1. The van der Waals surface area contributed by atoms with Crippen molar-refractivity contribution in [1.29, 1.82) is 0 Å². The van der Waals surface area contributed by atoms with E-state index in [1.54, 1.807) is 13.0 Å². The molecule has 2 aliphatic heterocycles. The van der Waals surface area contributed by atoms with Crippen LogP contribution in [0.3, 0.4) is 0 Å². The first-order valence-corrected chi connectivity index (χ1v) is 8.34. The quantitative estimate of drug-likeness (QED) is 0.669. The predicted molar refractivity (Wildman–Crippen MR) is 94.7 cm³/mol. The van der Waals surface area contributed by atoms with Crippen LogP contribution in [0.25, 0.3) is 0 Å². The summed E-state index contributed by atoms with van der Waals surface area (Å²) in [6, 6.07) is 5.09. The largest absolute Gasteiger partial charge is 0.339 e. The molecule has 2 heterocycles. The second-order valence-corrected chi connectivity index (χ2v) is 6.59. The van der Waals surface area contributed by atoms with E-state index in [2.05, 4.69) is 5.32 Å². The van der Waals surface area contributed by atoms with Crippen LogP contribution in [0.1, 0.15) is 41.6 Å². The van der Waals surface area contributed by atoms with Crippen LogP contribution in [0, 0.1) is 23.0 Å². The monoisotopic (exact) mass is 353 g/mol. The second-order valence-electron chi connectivity index (χ2n) is 6.59. The van der Waals surface area contributed by atoms with Gasteiger partial charge in [0.15, 0.2) is 0 Å². The maximum atomic E-state index is 12.7. The molecule has 24 heavy (non-hydrogen) atoms. The van der Waals surface area contributed by atoms with Gasteiger partial charge in [-0.25, -0.2) is 0 Å². The van der Waals surface area contributed by atoms with Gasteiger partial charge in [-0.05, 0) is 56.7 Å². The summed E-state index contributed by atoms with van der Waals surface area (Å²) in [5.41, 5.74) is 1.28. The van der Waals surface area contributed by atoms with E-state index in [9.17, 15) is 14.9 Å². The van der Waals surface area contributed by atoms with E-state index in [4.69, 9.17) is 0 Å². The molecule has 0 saturated carbocycles. The molecule has 132 valence electrons. The van der Waals surface area contributed by atoms with Crippen LogP contribution in [-0.2, 0) is 0 Å². The van der Waals surface area contributed by atoms with E-state index in [0.29, 0.717) is 23.1 Å². The summed E-state index contributed by atoms with van der Waals surface area (Å²) < 4.78 is 0. The lowest BCUT2D eigenvalue weighted by Crippen LogP contribution is -2.43. The SMILES string of the molecule is Cc1cc([N+](=O)[O-])ccc1C(=O)N1CCC(C2CCCN2)CC1.Cl. The van der Waals surface area contributed by atoms with Crippen LogP contribution in [-0.4, -0.2) is 41.4 Å². The van der Waals surface area contributed by atoms with Crippen LogP contribution >= 0.6 is 12.4 Å². The second kappa shape index (κ2) is 7.94. The molecule has 0 aliphatic carbocycles. The van der Waals surface area contributed by atoms with Gasteiger partial charge in [-0.2, -0.15) is 0 Å². The van der Waals surface area contributed by atoms with Crippen molar-refractivity contribution in [3.63, 3.8) is 0 Å². The summed E-state index contributed by atoms with van der Waals surface area (Å²) in [4.78, 5) is 24.9. The molecule has 1 unspecified atom stereocenters. The van der Waals surface area contributed by atoms with E-state index >= 15 is 0 Å². The number of hydrogen-bond donors (Lipinski definition) is 1. The maximum Gasteiger partial charge on any atom is 0.269 e. The molecule has 2 fully saturated rings. The topological polar surface area (TPSA) is 75.5 Å². The highest BCUT2D eigenvalue weighted by Gasteiger charge is 2.30. The van der Waals surface area contributed by atoms with Crippen molar-refractivity contribution in [2.75, 3.05) is 19.6 Å². The summed E-state index contributed by atoms with van der Waals surface area (Å²) in [6.45, 7) is 4.43. The molecule has 1 N–H and O–H groups in total. The molecule has 7 heteroatoms. The highest BCUT2D eigenvalue weighted by Crippen LogP contribution is 2.27. The number of piperidine rings is 1. The number of hydrogen-bond acceptors (Lipinski definition) is 4. The Kier molecular flexibility index (Phi) is 6.18. The van der Waals surface area contributed by atoms with Crippen molar-refractivity contribution in [3.05, 3.63) is 39.4 Å². The smallest absolute Gasteiger partial charge is 0.269 e. The summed E-state index contributed by atoms with van der Waals surface area (Å²) >= 11 is 0. The highest BCUT2D eigenvalue weighted by molar-refractivity contribution is 5.96. The molecule has 0 spiro atoms. The number of non-ortho nitro benzene ring substituents is 1. The Morgan fingerprint density at radius 3 is 2.54 bits per heavy atom. The van der Waals surface area contributed by atoms with Gasteiger partial charge in [0.2, 0.25) is 0 Å². The fourth-order valence-electron chi connectivity index (χ4n) is 3.79. The first kappa shape index (κ1) is 18.7. The Bertz CT molecular complexity index is 609. The van der Waals surface area contributed by atoms with Crippen molar-refractivity contribution in [3.8, 4) is 0 Å². The van der Waals surface area contributed by atoms with Crippen molar-refractivity contribution in [2.45, 2.75) is 38.6 Å². The fourth-order valence-corrected chi connectivity index (χ4v) is 3.79. The predicted octanol–water partition coefficient (Wildman–Crippen LogP) is 2.93. The van der Waals surface area contributed by atoms with Crippen molar-refractivity contribution in [1.82, 2.24) is 10.2 Å². The lowest BCUT2D eigenvalue weighted by Gasteiger charge is -2.35. The third kappa shape index (κ3) is 3.87. The number of carbonyl (C=O) groups is 1. The lowest BCUT2D eigenvalue weighted by atomic mass is 9.88. The van der Waals surface area contributed by atoms with Crippen LogP contribution in [0.4, 0.5) is 5.69 Å². The molecule has 0 bridgehead atoms. The zero-order valence-corrected chi connectivity index (χ0v) is 14.7. The minimum Gasteiger partial charge on any atom is -0.339 e. The summed E-state index contributed by atoms with van der Waals surface area (Å²) in [6.07, 6.45) is 4.58. The molecule has 1 atom stereocenters. The molecular weight excluding hydrogens is 330 g/mol. The average Bonchev–Trinajstić information content (AvgIpc) is 3.08. The number of amides is 1. The number of aryl methyl sites for hydroxylation is 1. The Hall–Kier alpha value is -1.66. The summed E-state index contributed by atoms with van der Waals surface area (Å²) in [5, 5.41) is 14.4. The average molecular weight is 354 g/mol. The third-order valence-corrected chi connectivity index (χ3v) is 5.15. The number of nitrogens with one attached hydrogen (secondary N) is 1. The Morgan fingerprint density at radius 2 is 2.00 bits per heavy atom. The van der Waals surface area contributed by atoms with Crippen LogP contribution in [0.5, 0.6) is 0 Å². The summed E-state index contributed by atoms with van der Waals surface area (Å²) in [5.74, 6) is 0.662. The van der Waals surface area contributed by atoms with Crippen LogP contribution in [0.15, 0.2) is 18.2 Å². The maximum absolute atomic E-state index is 12.7. The molecule has 2 aliphatic rings. The van der Waals surface area contributed by atoms with E-state index in [0.717, 1.165) is 32.5 Å². The molecule has 6 nitrogen and oxygen atoms in total. The Labute approximate surface area is 148 Å². The van der Waals surface area contributed by atoms with Crippen LogP contribution in [0.2, 0.25) is 0 Å². The standard InChI is InChI=1S/C17H23N3O3.ClH/c1-12-11-14(20(22)23)4-5-15(12)17(21)19-9-6-13(7-10-19)16-3-2-8-18-16;/h4-5,11,13,16,18H,2-3,6-10H2,1H3;1H. The number of nitrogens with zero attached hydrogens (tertiary/aromatic N) is 2. The Morgan fingerprint density at radius 1 is 1.29 bits per heavy atom. The van der Waals surface area contributed by atoms with Crippen LogP contribution < -0.4 is 5.32 Å². The van der Waals surface area contributed by atoms with Gasteiger partial charge in [-0.3, -0.25) is 14.9 Å². The van der Waals surface area contributed by atoms with Gasteiger partial charge >= 0.3 is 0 Å². The normalized spacial score (nSPS) is 21.4. The van der Waals surface area contributed by atoms with E-state index in [1.807, 2.05) is 4.90 Å². The molecular formula is C17H24ClN3O3. The zero-order valence-electron chi connectivity index (χ0n) is 13.9. The van der Waals surface area contributed by atoms with Gasteiger partial charge in [0.05, 0.1) is 4.92 Å². The van der Waals surface area contributed by atoms with Crippen molar-refractivity contribution < 1.29 is 9.72 Å². The molecule has 1 aromatic carbocycles. The van der Waals surface area contributed by atoms with Gasteiger partial charge in [0.1, 0.15) is 0 Å². The van der Waals surface area contributed by atoms with Crippen molar-refractivity contribution in [2.24, 2.45) is 5.92 Å². The molecule has 0 aromatic heterocycles. The minimum atomic E-state index is -0.429. The van der Waals surface area contributed by atoms with Gasteiger partial charge in [0.25, 0.3) is 11.6 Å². The number of carbonyl (C=O) groups excluding carboxylic acids is 1. The third-order valence-electron chi connectivity index (χ3n) is 5.15. The molecule has 3 rings (SSSR count). The number of rotatable bonds is 3.